The summed E-state index contributed by atoms with van der Waals surface area (Å²) in [5, 5.41) is 14.1. The number of Topliss-reactive ketones (excluding diaryl/α,β-unsaturated/α-hetero) is 2. The maximum Gasteiger partial charge on any atom is 0.162 e. The van der Waals surface area contributed by atoms with Crippen LogP contribution in [0, 0.1) is 0 Å². The third kappa shape index (κ3) is 5.85. The van der Waals surface area contributed by atoms with Crippen molar-refractivity contribution in [3.8, 4) is 0 Å². The minimum atomic E-state index is -0.705. The van der Waals surface area contributed by atoms with Gasteiger partial charge in [-0.2, -0.15) is 0 Å². The van der Waals surface area contributed by atoms with Crippen LogP contribution in [0.3, 0.4) is 0 Å². The number of hydroxylamine groups is 2. The fourth-order valence-corrected chi connectivity index (χ4v) is 3.40. The third-order valence-corrected chi connectivity index (χ3v) is 5.22. The smallest absolute Gasteiger partial charge is 0.162 e. The molecular weight excluding hydrogens is 350 g/mol. The van der Waals surface area contributed by atoms with Crippen molar-refractivity contribution in [2.24, 2.45) is 0 Å². The second kappa shape index (κ2) is 9.26. The van der Waals surface area contributed by atoms with E-state index in [9.17, 15) is 14.8 Å². The first-order valence-corrected chi connectivity index (χ1v) is 9.77. The van der Waals surface area contributed by atoms with Crippen LogP contribution in [-0.2, 0) is 5.21 Å². The molecule has 0 aliphatic carbocycles. The Bertz CT molecular complexity index is 715. The van der Waals surface area contributed by atoms with E-state index in [1.165, 1.54) is 0 Å². The van der Waals surface area contributed by atoms with E-state index in [2.05, 4.69) is 0 Å². The zero-order valence-electron chi connectivity index (χ0n) is 17.3. The molecular formula is C24H30NO3. The van der Waals surface area contributed by atoms with Crippen LogP contribution < -0.4 is 0 Å². The van der Waals surface area contributed by atoms with Crippen LogP contribution in [0.25, 0.3) is 0 Å². The molecule has 0 N–H and O–H groups in total. The van der Waals surface area contributed by atoms with Crippen LogP contribution in [0.4, 0.5) is 0 Å². The molecule has 28 heavy (non-hydrogen) atoms. The highest BCUT2D eigenvalue weighted by Gasteiger charge is 2.38. The Hall–Kier alpha value is -2.30. The number of hydrogen-bond acceptors (Lipinski definition) is 3. The zero-order chi connectivity index (χ0) is 20.8. The molecule has 1 radical (unpaired) electrons. The van der Waals surface area contributed by atoms with Gasteiger partial charge in [-0.05, 0) is 40.5 Å². The van der Waals surface area contributed by atoms with Gasteiger partial charge in [0.05, 0.1) is 0 Å². The van der Waals surface area contributed by atoms with Crippen LogP contribution in [0.5, 0.6) is 0 Å². The quantitative estimate of drug-likeness (QED) is 0.403. The van der Waals surface area contributed by atoms with Gasteiger partial charge in [-0.25, -0.2) is 0 Å². The predicted molar refractivity (Wildman–Crippen MR) is 111 cm³/mol. The molecule has 0 amide bonds. The molecule has 0 aliphatic rings. The third-order valence-electron chi connectivity index (χ3n) is 5.22. The summed E-state index contributed by atoms with van der Waals surface area (Å²) < 4.78 is 0. The summed E-state index contributed by atoms with van der Waals surface area (Å²) in [5.74, 6) is 0.0817. The standard InChI is InChI=1S/C24H30NO3/c1-23(2,17-15-21(26)19-11-7-5-8-12-19)25(28)24(3,4)18-16-22(27)20-13-9-6-10-14-20/h5-14H,15-18H2,1-4H3. The molecule has 0 heterocycles. The van der Waals surface area contributed by atoms with Crippen molar-refractivity contribution in [2.45, 2.75) is 64.5 Å². The summed E-state index contributed by atoms with van der Waals surface area (Å²) in [4.78, 5) is 24.7. The van der Waals surface area contributed by atoms with Crippen LogP contribution in [-0.4, -0.2) is 27.7 Å². The molecule has 0 fully saturated rings. The number of carbonyl (C=O) groups is 2. The Morgan fingerprint density at radius 2 is 1.00 bits per heavy atom. The lowest BCUT2D eigenvalue weighted by Crippen LogP contribution is -2.53. The van der Waals surface area contributed by atoms with Gasteiger partial charge in [0, 0.05) is 35.0 Å². The molecule has 0 unspecified atom stereocenters. The number of rotatable bonds is 10. The molecule has 0 spiro atoms. The lowest BCUT2D eigenvalue weighted by atomic mass is 9.87. The van der Waals surface area contributed by atoms with Crippen molar-refractivity contribution >= 4 is 11.6 Å². The Morgan fingerprint density at radius 1 is 0.679 bits per heavy atom. The number of benzene rings is 2. The topological polar surface area (TPSA) is 57.3 Å². The van der Waals surface area contributed by atoms with E-state index in [0.717, 1.165) is 5.06 Å². The fourth-order valence-electron chi connectivity index (χ4n) is 3.40. The van der Waals surface area contributed by atoms with Crippen molar-refractivity contribution in [2.75, 3.05) is 0 Å². The summed E-state index contributed by atoms with van der Waals surface area (Å²) in [6.45, 7) is 7.44. The molecule has 0 bridgehead atoms. The molecule has 0 saturated carbocycles. The Morgan fingerprint density at radius 3 is 1.32 bits per heavy atom. The van der Waals surface area contributed by atoms with Gasteiger partial charge in [-0.1, -0.05) is 60.7 Å². The van der Waals surface area contributed by atoms with Crippen molar-refractivity contribution in [3.63, 3.8) is 0 Å². The average molecular weight is 381 g/mol. The van der Waals surface area contributed by atoms with Gasteiger partial charge >= 0.3 is 0 Å². The minimum Gasteiger partial charge on any atom is -0.294 e. The van der Waals surface area contributed by atoms with Crippen LogP contribution in [0.15, 0.2) is 60.7 Å². The zero-order valence-corrected chi connectivity index (χ0v) is 17.3. The maximum atomic E-state index is 13.1. The molecule has 2 aromatic carbocycles. The Labute approximate surface area is 168 Å². The molecule has 149 valence electrons. The largest absolute Gasteiger partial charge is 0.294 e. The highest BCUT2D eigenvalue weighted by Crippen LogP contribution is 2.31. The van der Waals surface area contributed by atoms with Crippen LogP contribution >= 0.6 is 0 Å². The SMILES string of the molecule is CC(C)(CCC(=O)c1ccccc1)N([O])C(C)(C)CCC(=O)c1ccccc1. The Balaban J connectivity index is 1.94. The van der Waals surface area contributed by atoms with E-state index in [4.69, 9.17) is 0 Å². The second-order valence-electron chi connectivity index (χ2n) is 8.50. The minimum absolute atomic E-state index is 0.0409. The van der Waals surface area contributed by atoms with E-state index in [1.54, 1.807) is 24.3 Å². The van der Waals surface area contributed by atoms with E-state index in [0.29, 0.717) is 36.8 Å². The molecule has 0 aromatic heterocycles. The molecule has 4 nitrogen and oxygen atoms in total. The van der Waals surface area contributed by atoms with Gasteiger partial charge < -0.3 is 0 Å². The van der Waals surface area contributed by atoms with E-state index < -0.39 is 11.1 Å². The molecule has 2 aromatic rings. The van der Waals surface area contributed by atoms with Gasteiger partial charge in [-0.3, -0.25) is 9.59 Å². The van der Waals surface area contributed by atoms with Crippen molar-refractivity contribution < 1.29 is 14.8 Å². The van der Waals surface area contributed by atoms with Crippen molar-refractivity contribution in [1.82, 2.24) is 5.06 Å². The van der Waals surface area contributed by atoms with E-state index >= 15 is 0 Å². The number of hydrogen-bond donors (Lipinski definition) is 0. The van der Waals surface area contributed by atoms with Gasteiger partial charge in [0.1, 0.15) is 0 Å². The maximum absolute atomic E-state index is 13.1. The summed E-state index contributed by atoms with van der Waals surface area (Å²) in [5.41, 5.74) is -0.0695. The lowest BCUT2D eigenvalue weighted by molar-refractivity contribution is -0.273. The van der Waals surface area contributed by atoms with E-state index in [-0.39, 0.29) is 11.6 Å². The number of ketones is 2. The van der Waals surface area contributed by atoms with Crippen LogP contribution in [0.2, 0.25) is 0 Å². The van der Waals surface area contributed by atoms with Gasteiger partial charge in [-0.15, -0.1) is 10.3 Å². The number of nitrogens with zero attached hydrogens (tertiary/aromatic N) is 1. The van der Waals surface area contributed by atoms with Crippen molar-refractivity contribution in [1.29, 1.82) is 0 Å². The monoisotopic (exact) mass is 380 g/mol. The highest BCUT2D eigenvalue weighted by atomic mass is 16.5. The number of carbonyl (C=O) groups excluding carboxylic acids is 2. The molecule has 0 saturated heterocycles. The van der Waals surface area contributed by atoms with Crippen LogP contribution in [0.1, 0.15) is 74.1 Å². The second-order valence-corrected chi connectivity index (χ2v) is 8.50. The average Bonchev–Trinajstić information content (AvgIpc) is 2.71. The molecule has 4 heteroatoms. The summed E-state index contributed by atoms with van der Waals surface area (Å²) >= 11 is 0. The van der Waals surface area contributed by atoms with Gasteiger partial charge in [0.15, 0.2) is 11.6 Å². The predicted octanol–water partition coefficient (Wildman–Crippen LogP) is 5.52. The highest BCUT2D eigenvalue weighted by molar-refractivity contribution is 5.96. The van der Waals surface area contributed by atoms with E-state index in [1.807, 2.05) is 64.1 Å². The first-order valence-electron chi connectivity index (χ1n) is 9.77. The fraction of sp³-hybridized carbons (Fsp3) is 0.417. The lowest BCUT2D eigenvalue weighted by Gasteiger charge is -2.42. The summed E-state index contributed by atoms with van der Waals surface area (Å²) in [6, 6.07) is 18.3. The van der Waals surface area contributed by atoms with Gasteiger partial charge in [0.25, 0.3) is 0 Å². The normalized spacial score (nSPS) is 12.2. The first kappa shape index (κ1) is 22.0. The van der Waals surface area contributed by atoms with Gasteiger partial charge in [0.2, 0.25) is 0 Å². The molecule has 0 aliphatic heterocycles. The molecule has 0 atom stereocenters. The Kier molecular flexibility index (Phi) is 7.28. The molecule has 2 rings (SSSR count). The van der Waals surface area contributed by atoms with Crippen molar-refractivity contribution in [3.05, 3.63) is 71.8 Å². The summed E-state index contributed by atoms with van der Waals surface area (Å²) in [6.07, 6.45) is 1.55. The first-order chi connectivity index (χ1) is 13.1. The summed E-state index contributed by atoms with van der Waals surface area (Å²) in [7, 11) is 0.